The van der Waals surface area contributed by atoms with Crippen molar-refractivity contribution in [3.05, 3.63) is 17.7 Å². The van der Waals surface area contributed by atoms with Crippen LogP contribution in [0.15, 0.2) is 12.1 Å². The first-order valence-electron chi connectivity index (χ1n) is 8.26. The molecule has 0 bridgehead atoms. The van der Waals surface area contributed by atoms with Crippen LogP contribution in [-0.4, -0.2) is 45.2 Å². The molecular formula is C18H27NO4. The van der Waals surface area contributed by atoms with E-state index in [1.54, 1.807) is 21.3 Å². The second-order valence-corrected chi connectivity index (χ2v) is 5.83. The van der Waals surface area contributed by atoms with Gasteiger partial charge < -0.3 is 19.1 Å². The summed E-state index contributed by atoms with van der Waals surface area (Å²) in [7, 11) is 4.79. The highest BCUT2D eigenvalue weighted by atomic mass is 16.5. The summed E-state index contributed by atoms with van der Waals surface area (Å²) in [6.45, 7) is 1.79. The van der Waals surface area contributed by atoms with Crippen LogP contribution in [0.3, 0.4) is 0 Å². The fourth-order valence-electron chi connectivity index (χ4n) is 3.01. The first-order chi connectivity index (χ1) is 11.2. The standard InChI is InChI=1S/C18H27NO4/c1-21-15-12-14(13-16(22-2)18(15)23-3)8-9-17(20)19-10-6-4-5-7-11-19/h12-13H,4-11H2,1-3H3. The minimum atomic E-state index is 0.237. The Bertz CT molecular complexity index is 497. The molecule has 1 fully saturated rings. The largest absolute Gasteiger partial charge is 0.493 e. The molecule has 0 unspecified atom stereocenters. The molecule has 5 nitrogen and oxygen atoms in total. The Morgan fingerprint density at radius 1 is 0.957 bits per heavy atom. The number of ether oxygens (including phenoxy) is 3. The second-order valence-electron chi connectivity index (χ2n) is 5.83. The van der Waals surface area contributed by atoms with Crippen molar-refractivity contribution in [2.75, 3.05) is 34.4 Å². The molecule has 23 heavy (non-hydrogen) atoms. The maximum Gasteiger partial charge on any atom is 0.222 e. The highest BCUT2D eigenvalue weighted by molar-refractivity contribution is 5.76. The van der Waals surface area contributed by atoms with E-state index in [1.807, 2.05) is 17.0 Å². The monoisotopic (exact) mass is 321 g/mol. The molecule has 5 heteroatoms. The number of methoxy groups -OCH3 is 3. The van der Waals surface area contributed by atoms with E-state index in [4.69, 9.17) is 14.2 Å². The van der Waals surface area contributed by atoms with Crippen LogP contribution in [-0.2, 0) is 11.2 Å². The molecule has 0 radical (unpaired) electrons. The number of hydrogen-bond donors (Lipinski definition) is 0. The zero-order valence-corrected chi connectivity index (χ0v) is 14.4. The number of carbonyl (C=O) groups is 1. The van der Waals surface area contributed by atoms with Gasteiger partial charge in [0.25, 0.3) is 0 Å². The summed E-state index contributed by atoms with van der Waals surface area (Å²) >= 11 is 0. The summed E-state index contributed by atoms with van der Waals surface area (Å²) in [6, 6.07) is 3.83. The van der Waals surface area contributed by atoms with Crippen LogP contribution in [0.5, 0.6) is 17.2 Å². The van der Waals surface area contributed by atoms with E-state index >= 15 is 0 Å². The van der Waals surface area contributed by atoms with Gasteiger partial charge in [-0.15, -0.1) is 0 Å². The van der Waals surface area contributed by atoms with Crippen LogP contribution in [0.1, 0.15) is 37.7 Å². The zero-order valence-electron chi connectivity index (χ0n) is 14.4. The van der Waals surface area contributed by atoms with Crippen molar-refractivity contribution >= 4 is 5.91 Å². The topological polar surface area (TPSA) is 48.0 Å². The summed E-state index contributed by atoms with van der Waals surface area (Å²) in [6.07, 6.45) is 5.89. The van der Waals surface area contributed by atoms with Crippen LogP contribution in [0.2, 0.25) is 0 Å². The third kappa shape index (κ3) is 4.53. The Kier molecular flexibility index (Phi) is 6.56. The lowest BCUT2D eigenvalue weighted by atomic mass is 10.1. The van der Waals surface area contributed by atoms with Gasteiger partial charge in [-0.2, -0.15) is 0 Å². The van der Waals surface area contributed by atoms with Crippen molar-refractivity contribution in [2.45, 2.75) is 38.5 Å². The minimum Gasteiger partial charge on any atom is -0.493 e. The molecule has 1 amide bonds. The minimum absolute atomic E-state index is 0.237. The Labute approximate surface area is 138 Å². The molecule has 1 heterocycles. The Morgan fingerprint density at radius 2 is 1.52 bits per heavy atom. The van der Waals surface area contributed by atoms with Crippen LogP contribution in [0.25, 0.3) is 0 Å². The van der Waals surface area contributed by atoms with Gasteiger partial charge in [0.1, 0.15) is 0 Å². The molecule has 1 aromatic rings. The van der Waals surface area contributed by atoms with Crippen molar-refractivity contribution in [3.63, 3.8) is 0 Å². The number of nitrogens with zero attached hydrogens (tertiary/aromatic N) is 1. The molecule has 0 aromatic heterocycles. The number of benzene rings is 1. The number of rotatable bonds is 6. The van der Waals surface area contributed by atoms with Crippen molar-refractivity contribution in [1.29, 1.82) is 0 Å². The Balaban J connectivity index is 2.03. The lowest BCUT2D eigenvalue weighted by Crippen LogP contribution is -2.31. The van der Waals surface area contributed by atoms with E-state index in [0.29, 0.717) is 30.1 Å². The van der Waals surface area contributed by atoms with E-state index in [-0.39, 0.29) is 5.91 Å². The fourth-order valence-corrected chi connectivity index (χ4v) is 3.01. The van der Waals surface area contributed by atoms with Crippen molar-refractivity contribution in [3.8, 4) is 17.2 Å². The number of carbonyl (C=O) groups excluding carboxylic acids is 1. The summed E-state index contributed by atoms with van der Waals surface area (Å²) in [5.41, 5.74) is 1.02. The van der Waals surface area contributed by atoms with Crippen LogP contribution < -0.4 is 14.2 Å². The maximum absolute atomic E-state index is 12.4. The Hall–Kier alpha value is -1.91. The molecule has 0 N–H and O–H groups in total. The lowest BCUT2D eigenvalue weighted by molar-refractivity contribution is -0.131. The summed E-state index contributed by atoms with van der Waals surface area (Å²) in [5.74, 6) is 2.08. The molecule has 1 aromatic carbocycles. The first-order valence-corrected chi connectivity index (χ1v) is 8.26. The quantitative estimate of drug-likeness (QED) is 0.808. The lowest BCUT2D eigenvalue weighted by Gasteiger charge is -2.20. The van der Waals surface area contributed by atoms with Gasteiger partial charge in [0.15, 0.2) is 11.5 Å². The van der Waals surface area contributed by atoms with Gasteiger partial charge in [0.2, 0.25) is 11.7 Å². The molecule has 1 aliphatic heterocycles. The van der Waals surface area contributed by atoms with Crippen LogP contribution in [0, 0.1) is 0 Å². The molecule has 128 valence electrons. The zero-order chi connectivity index (χ0) is 16.7. The van der Waals surface area contributed by atoms with Gasteiger partial charge in [-0.1, -0.05) is 12.8 Å². The molecule has 2 rings (SSSR count). The average molecular weight is 321 g/mol. The van der Waals surface area contributed by atoms with Gasteiger partial charge in [-0.05, 0) is 37.0 Å². The SMILES string of the molecule is COc1cc(CCC(=O)N2CCCCCC2)cc(OC)c1OC. The van der Waals surface area contributed by atoms with E-state index in [0.717, 1.165) is 31.5 Å². The normalized spacial score (nSPS) is 15.0. The van der Waals surface area contributed by atoms with Gasteiger partial charge in [-0.25, -0.2) is 0 Å². The van der Waals surface area contributed by atoms with Crippen LogP contribution in [0.4, 0.5) is 0 Å². The number of amides is 1. The number of aryl methyl sites for hydroxylation is 1. The Morgan fingerprint density at radius 3 is 2.00 bits per heavy atom. The highest BCUT2D eigenvalue weighted by Crippen LogP contribution is 2.38. The smallest absolute Gasteiger partial charge is 0.222 e. The van der Waals surface area contributed by atoms with Gasteiger partial charge in [0, 0.05) is 19.5 Å². The predicted octanol–water partition coefficient (Wildman–Crippen LogP) is 3.05. The molecule has 1 aliphatic rings. The second kappa shape index (κ2) is 8.65. The van der Waals surface area contributed by atoms with E-state index < -0.39 is 0 Å². The highest BCUT2D eigenvalue weighted by Gasteiger charge is 2.17. The van der Waals surface area contributed by atoms with E-state index in [2.05, 4.69) is 0 Å². The summed E-state index contributed by atoms with van der Waals surface area (Å²) < 4.78 is 16.0. The number of likely N-dealkylation sites (tertiary alicyclic amines) is 1. The third-order valence-corrected chi connectivity index (χ3v) is 4.31. The number of hydrogen-bond acceptors (Lipinski definition) is 4. The molecule has 0 atom stereocenters. The molecule has 1 saturated heterocycles. The third-order valence-electron chi connectivity index (χ3n) is 4.31. The molecule has 0 spiro atoms. The fraction of sp³-hybridized carbons (Fsp3) is 0.611. The first kappa shape index (κ1) is 17.4. The van der Waals surface area contributed by atoms with Crippen molar-refractivity contribution < 1.29 is 19.0 Å². The summed E-state index contributed by atoms with van der Waals surface area (Å²) in [4.78, 5) is 14.4. The van der Waals surface area contributed by atoms with Gasteiger partial charge >= 0.3 is 0 Å². The molecule has 0 aliphatic carbocycles. The van der Waals surface area contributed by atoms with Crippen molar-refractivity contribution in [1.82, 2.24) is 4.90 Å². The average Bonchev–Trinajstić information content (AvgIpc) is 2.87. The van der Waals surface area contributed by atoms with E-state index in [1.165, 1.54) is 12.8 Å². The van der Waals surface area contributed by atoms with E-state index in [9.17, 15) is 4.79 Å². The maximum atomic E-state index is 12.4. The molecular weight excluding hydrogens is 294 g/mol. The van der Waals surface area contributed by atoms with Crippen LogP contribution >= 0.6 is 0 Å². The van der Waals surface area contributed by atoms with Gasteiger partial charge in [-0.3, -0.25) is 4.79 Å². The molecule has 0 saturated carbocycles. The predicted molar refractivity (Wildman–Crippen MR) is 89.5 cm³/mol. The summed E-state index contributed by atoms with van der Waals surface area (Å²) in [5, 5.41) is 0. The van der Waals surface area contributed by atoms with Crippen molar-refractivity contribution in [2.24, 2.45) is 0 Å². The van der Waals surface area contributed by atoms with Gasteiger partial charge in [0.05, 0.1) is 21.3 Å².